The number of hydrogen-bond acceptors (Lipinski definition) is 5. The Morgan fingerprint density at radius 3 is 2.37 bits per heavy atom. The Morgan fingerprint density at radius 1 is 1.04 bits per heavy atom. The highest BCUT2D eigenvalue weighted by Gasteiger charge is 2.18. The summed E-state index contributed by atoms with van der Waals surface area (Å²) in [5, 5.41) is 2.69. The van der Waals surface area contributed by atoms with Crippen LogP contribution >= 0.6 is 0 Å². The molecule has 0 heterocycles. The van der Waals surface area contributed by atoms with Crippen LogP contribution in [0.2, 0.25) is 0 Å². The monoisotopic (exact) mass is 371 g/mol. The Hall–Kier alpha value is -3.02. The third-order valence-corrected chi connectivity index (χ3v) is 3.79. The van der Waals surface area contributed by atoms with Crippen LogP contribution in [0.25, 0.3) is 0 Å². The Labute approximate surface area is 159 Å². The van der Waals surface area contributed by atoms with Gasteiger partial charge in [-0.15, -0.1) is 0 Å². The lowest BCUT2D eigenvalue weighted by atomic mass is 10.1. The molecular weight excluding hydrogens is 346 g/mol. The van der Waals surface area contributed by atoms with Gasteiger partial charge in [-0.2, -0.15) is 0 Å². The van der Waals surface area contributed by atoms with E-state index in [4.69, 9.17) is 14.2 Å². The number of anilines is 1. The van der Waals surface area contributed by atoms with Crippen molar-refractivity contribution in [2.45, 2.75) is 33.8 Å². The summed E-state index contributed by atoms with van der Waals surface area (Å²) in [6.07, 6.45) is -0.938. The van der Waals surface area contributed by atoms with Crippen molar-refractivity contribution in [1.82, 2.24) is 0 Å². The Morgan fingerprint density at radius 2 is 1.74 bits per heavy atom. The first kappa shape index (κ1) is 20.3. The maximum absolute atomic E-state index is 12.2. The molecule has 0 saturated heterocycles. The molecular formula is C21H25NO5. The predicted molar refractivity (Wildman–Crippen MR) is 103 cm³/mol. The molecule has 6 heteroatoms. The van der Waals surface area contributed by atoms with E-state index in [-0.39, 0.29) is 6.61 Å². The number of amides is 1. The van der Waals surface area contributed by atoms with E-state index >= 15 is 0 Å². The van der Waals surface area contributed by atoms with Gasteiger partial charge in [0.15, 0.2) is 12.7 Å². The summed E-state index contributed by atoms with van der Waals surface area (Å²) in [4.78, 5) is 24.1. The van der Waals surface area contributed by atoms with Crippen LogP contribution in [0.4, 0.5) is 5.69 Å². The van der Waals surface area contributed by atoms with E-state index in [1.165, 1.54) is 6.92 Å². The Balaban J connectivity index is 1.81. The molecule has 27 heavy (non-hydrogen) atoms. The third-order valence-electron chi connectivity index (χ3n) is 3.79. The third kappa shape index (κ3) is 6.33. The van der Waals surface area contributed by atoms with E-state index in [0.29, 0.717) is 18.0 Å². The molecule has 0 aromatic heterocycles. The fourth-order valence-electron chi connectivity index (χ4n) is 2.43. The van der Waals surface area contributed by atoms with Gasteiger partial charge in [-0.3, -0.25) is 4.79 Å². The normalized spacial score (nSPS) is 11.4. The van der Waals surface area contributed by atoms with Crippen molar-refractivity contribution < 1.29 is 23.8 Å². The standard InChI is InChI=1S/C21H25NO5/c1-5-25-18-9-7-17(8-10-18)22-21(24)16(4)27-20(23)13-26-19-11-6-14(2)12-15(19)3/h6-12,16H,5,13H2,1-4H3,(H,22,24)/t16-/m1/s1. The Kier molecular flexibility index (Phi) is 7.23. The minimum atomic E-state index is -0.938. The van der Waals surface area contributed by atoms with Crippen LogP contribution in [-0.4, -0.2) is 31.2 Å². The lowest BCUT2D eigenvalue weighted by Crippen LogP contribution is -2.31. The van der Waals surface area contributed by atoms with Gasteiger partial charge in [0, 0.05) is 5.69 Å². The summed E-state index contributed by atoms with van der Waals surface area (Å²) < 4.78 is 15.9. The van der Waals surface area contributed by atoms with Gasteiger partial charge in [-0.1, -0.05) is 17.7 Å². The molecule has 2 aromatic rings. The number of carbonyl (C=O) groups is 2. The quantitative estimate of drug-likeness (QED) is 0.717. The van der Waals surface area contributed by atoms with Crippen LogP contribution in [0.1, 0.15) is 25.0 Å². The van der Waals surface area contributed by atoms with Gasteiger partial charge in [0.05, 0.1) is 6.61 Å². The molecule has 6 nitrogen and oxygen atoms in total. The first-order valence-electron chi connectivity index (χ1n) is 8.82. The van der Waals surface area contributed by atoms with Crippen LogP contribution in [0.15, 0.2) is 42.5 Å². The van der Waals surface area contributed by atoms with Crippen LogP contribution in [-0.2, 0) is 14.3 Å². The maximum Gasteiger partial charge on any atom is 0.344 e. The highest BCUT2D eigenvalue weighted by atomic mass is 16.6. The van der Waals surface area contributed by atoms with Gasteiger partial charge in [0.25, 0.3) is 5.91 Å². The number of carbonyl (C=O) groups excluding carboxylic acids is 2. The predicted octanol–water partition coefficient (Wildman–Crippen LogP) is 3.65. The molecule has 0 spiro atoms. The van der Waals surface area contributed by atoms with Crippen molar-refractivity contribution in [2.24, 2.45) is 0 Å². The van der Waals surface area contributed by atoms with Crippen molar-refractivity contribution in [2.75, 3.05) is 18.5 Å². The summed E-state index contributed by atoms with van der Waals surface area (Å²) in [6, 6.07) is 12.6. The molecule has 0 aliphatic heterocycles. The number of nitrogens with one attached hydrogen (secondary N) is 1. The topological polar surface area (TPSA) is 73.9 Å². The van der Waals surface area contributed by atoms with Gasteiger partial charge in [-0.25, -0.2) is 4.79 Å². The van der Waals surface area contributed by atoms with E-state index in [1.807, 2.05) is 32.9 Å². The van der Waals surface area contributed by atoms with Gasteiger partial charge < -0.3 is 19.5 Å². The molecule has 2 aromatic carbocycles. The molecule has 0 unspecified atom stereocenters. The molecule has 0 fully saturated rings. The summed E-state index contributed by atoms with van der Waals surface area (Å²) in [7, 11) is 0. The number of ether oxygens (including phenoxy) is 3. The highest BCUT2D eigenvalue weighted by molar-refractivity contribution is 5.95. The van der Waals surface area contributed by atoms with Gasteiger partial charge >= 0.3 is 5.97 Å². The molecule has 144 valence electrons. The van der Waals surface area contributed by atoms with Crippen LogP contribution in [0.3, 0.4) is 0 Å². The average Bonchev–Trinajstić information content (AvgIpc) is 2.62. The van der Waals surface area contributed by atoms with Crippen molar-refractivity contribution in [3.63, 3.8) is 0 Å². The fourth-order valence-corrected chi connectivity index (χ4v) is 2.43. The average molecular weight is 371 g/mol. The molecule has 0 bridgehead atoms. The van der Waals surface area contributed by atoms with Gasteiger partial charge in [0.2, 0.25) is 0 Å². The SMILES string of the molecule is CCOc1ccc(NC(=O)[C@@H](C)OC(=O)COc2ccc(C)cc2C)cc1. The largest absolute Gasteiger partial charge is 0.494 e. The van der Waals surface area contributed by atoms with E-state index in [0.717, 1.165) is 16.9 Å². The summed E-state index contributed by atoms with van der Waals surface area (Å²) in [5.74, 6) is 0.311. The Bertz CT molecular complexity index is 786. The van der Waals surface area contributed by atoms with E-state index < -0.39 is 18.0 Å². The number of esters is 1. The maximum atomic E-state index is 12.2. The zero-order valence-electron chi connectivity index (χ0n) is 16.1. The summed E-state index contributed by atoms with van der Waals surface area (Å²) >= 11 is 0. The second-order valence-corrected chi connectivity index (χ2v) is 6.14. The van der Waals surface area contributed by atoms with E-state index in [1.54, 1.807) is 30.3 Å². The molecule has 2 rings (SSSR count). The van der Waals surface area contributed by atoms with Crippen LogP contribution in [0, 0.1) is 13.8 Å². The zero-order valence-corrected chi connectivity index (χ0v) is 16.1. The van der Waals surface area contributed by atoms with Crippen LogP contribution < -0.4 is 14.8 Å². The van der Waals surface area contributed by atoms with Crippen LogP contribution in [0.5, 0.6) is 11.5 Å². The first-order chi connectivity index (χ1) is 12.9. The van der Waals surface area contributed by atoms with E-state index in [2.05, 4.69) is 5.32 Å². The number of benzene rings is 2. The van der Waals surface area contributed by atoms with Crippen molar-refractivity contribution in [3.8, 4) is 11.5 Å². The summed E-state index contributed by atoms with van der Waals surface area (Å²) in [6.45, 7) is 7.61. The molecule has 0 saturated carbocycles. The molecule has 1 amide bonds. The minimum absolute atomic E-state index is 0.259. The number of hydrogen-bond donors (Lipinski definition) is 1. The zero-order chi connectivity index (χ0) is 19.8. The minimum Gasteiger partial charge on any atom is -0.494 e. The molecule has 1 atom stereocenters. The molecule has 1 N–H and O–H groups in total. The molecule has 0 aliphatic carbocycles. The molecule has 0 aliphatic rings. The number of aryl methyl sites for hydroxylation is 2. The van der Waals surface area contributed by atoms with Crippen molar-refractivity contribution in [1.29, 1.82) is 0 Å². The smallest absolute Gasteiger partial charge is 0.344 e. The van der Waals surface area contributed by atoms with Gasteiger partial charge in [0.1, 0.15) is 11.5 Å². The second kappa shape index (κ2) is 9.62. The summed E-state index contributed by atoms with van der Waals surface area (Å²) in [5.41, 5.74) is 2.64. The fraction of sp³-hybridized carbons (Fsp3) is 0.333. The highest BCUT2D eigenvalue weighted by Crippen LogP contribution is 2.19. The van der Waals surface area contributed by atoms with Crippen molar-refractivity contribution in [3.05, 3.63) is 53.6 Å². The second-order valence-electron chi connectivity index (χ2n) is 6.14. The number of rotatable bonds is 8. The lowest BCUT2D eigenvalue weighted by Gasteiger charge is -2.15. The van der Waals surface area contributed by atoms with Gasteiger partial charge in [-0.05, 0) is 63.6 Å². The molecule has 0 radical (unpaired) electrons. The lowest BCUT2D eigenvalue weighted by molar-refractivity contribution is -0.155. The van der Waals surface area contributed by atoms with E-state index in [9.17, 15) is 9.59 Å². The first-order valence-corrected chi connectivity index (χ1v) is 8.82. The van der Waals surface area contributed by atoms with Crippen molar-refractivity contribution >= 4 is 17.6 Å².